The van der Waals surface area contributed by atoms with Gasteiger partial charge in [0.25, 0.3) is 0 Å². The maximum absolute atomic E-state index is 5.94. The first-order chi connectivity index (χ1) is 14.2. The van der Waals surface area contributed by atoms with E-state index in [1.165, 1.54) is 0 Å². The van der Waals surface area contributed by atoms with Gasteiger partial charge in [-0.3, -0.25) is 10.1 Å². The van der Waals surface area contributed by atoms with Crippen molar-refractivity contribution < 1.29 is 8.83 Å². The molecule has 29 heavy (non-hydrogen) atoms. The molecule has 1 atom stereocenters. The summed E-state index contributed by atoms with van der Waals surface area (Å²) in [6.07, 6.45) is 2.25. The lowest BCUT2D eigenvalue weighted by Gasteiger charge is -2.15. The highest BCUT2D eigenvalue weighted by Crippen LogP contribution is 2.23. The second-order valence-electron chi connectivity index (χ2n) is 6.65. The monoisotopic (exact) mass is 392 g/mol. The van der Waals surface area contributed by atoms with Crippen molar-refractivity contribution in [2.24, 2.45) is 4.99 Å². The van der Waals surface area contributed by atoms with Crippen LogP contribution in [0, 0.1) is 0 Å². The molecule has 0 amide bonds. The number of para-hydroxylation sites is 1. The third-order valence-electron chi connectivity index (χ3n) is 4.46. The van der Waals surface area contributed by atoms with Crippen molar-refractivity contribution >= 4 is 16.9 Å². The number of hydrogen-bond acceptors (Lipinski definition) is 5. The number of nitrogens with one attached hydrogen (secondary N) is 3. The van der Waals surface area contributed by atoms with E-state index in [4.69, 9.17) is 8.83 Å². The molecular formula is C21H24N6O2. The van der Waals surface area contributed by atoms with E-state index in [1.54, 1.807) is 6.26 Å². The number of hydrogen-bond donors (Lipinski definition) is 3. The van der Waals surface area contributed by atoms with Crippen LogP contribution in [-0.4, -0.2) is 34.2 Å². The largest absolute Gasteiger partial charge is 0.461 e. The van der Waals surface area contributed by atoms with Crippen molar-refractivity contribution in [3.05, 3.63) is 60.3 Å². The van der Waals surface area contributed by atoms with E-state index in [0.717, 1.165) is 35.1 Å². The SMILES string of the molecule is CCNC(=NCCc1nc(-c2ccco2)n[nH]1)NC(C)c1cc2ccccc2o1. The van der Waals surface area contributed by atoms with Gasteiger partial charge in [0.15, 0.2) is 11.7 Å². The third kappa shape index (κ3) is 4.48. The summed E-state index contributed by atoms with van der Waals surface area (Å²) in [5.74, 6) is 3.56. The molecule has 0 fully saturated rings. The molecule has 1 aromatic carbocycles. The Hall–Kier alpha value is -3.55. The quantitative estimate of drug-likeness (QED) is 0.327. The van der Waals surface area contributed by atoms with Crippen LogP contribution in [0.1, 0.15) is 31.5 Å². The molecule has 0 aliphatic rings. The predicted octanol–water partition coefficient (Wildman–Crippen LogP) is 3.67. The minimum absolute atomic E-state index is 0.0176. The first-order valence-corrected chi connectivity index (χ1v) is 9.71. The lowest BCUT2D eigenvalue weighted by molar-refractivity contribution is 0.488. The lowest BCUT2D eigenvalue weighted by atomic mass is 10.2. The Morgan fingerprint density at radius 3 is 2.93 bits per heavy atom. The first kappa shape index (κ1) is 18.8. The maximum atomic E-state index is 5.94. The van der Waals surface area contributed by atoms with Crippen molar-refractivity contribution in [2.75, 3.05) is 13.1 Å². The van der Waals surface area contributed by atoms with Crippen LogP contribution < -0.4 is 10.6 Å². The van der Waals surface area contributed by atoms with E-state index in [9.17, 15) is 0 Å². The minimum atomic E-state index is -0.0176. The van der Waals surface area contributed by atoms with Crippen molar-refractivity contribution in [2.45, 2.75) is 26.3 Å². The molecular weight excluding hydrogens is 368 g/mol. The number of benzene rings is 1. The van der Waals surface area contributed by atoms with Gasteiger partial charge in [-0.1, -0.05) is 18.2 Å². The van der Waals surface area contributed by atoms with Gasteiger partial charge in [0.2, 0.25) is 5.82 Å². The number of aromatic amines is 1. The summed E-state index contributed by atoms with van der Waals surface area (Å²) in [5, 5.41) is 14.9. The topological polar surface area (TPSA) is 104 Å². The zero-order chi connectivity index (χ0) is 20.1. The molecule has 3 aromatic heterocycles. The minimum Gasteiger partial charge on any atom is -0.461 e. The summed E-state index contributed by atoms with van der Waals surface area (Å²) in [4.78, 5) is 9.08. The van der Waals surface area contributed by atoms with Crippen LogP contribution in [0.3, 0.4) is 0 Å². The van der Waals surface area contributed by atoms with Crippen LogP contribution in [0.25, 0.3) is 22.6 Å². The van der Waals surface area contributed by atoms with Gasteiger partial charge in [0.05, 0.1) is 12.3 Å². The fourth-order valence-corrected chi connectivity index (χ4v) is 3.01. The molecule has 150 valence electrons. The predicted molar refractivity (Wildman–Crippen MR) is 112 cm³/mol. The van der Waals surface area contributed by atoms with Gasteiger partial charge in [0, 0.05) is 24.9 Å². The zero-order valence-electron chi connectivity index (χ0n) is 16.5. The summed E-state index contributed by atoms with van der Waals surface area (Å²) in [6.45, 7) is 5.42. The molecule has 1 unspecified atom stereocenters. The van der Waals surface area contributed by atoms with Crippen LogP contribution in [0.2, 0.25) is 0 Å². The number of furan rings is 2. The molecule has 4 rings (SSSR count). The highest BCUT2D eigenvalue weighted by Gasteiger charge is 2.13. The highest BCUT2D eigenvalue weighted by molar-refractivity contribution is 5.81. The van der Waals surface area contributed by atoms with E-state index in [1.807, 2.05) is 43.3 Å². The van der Waals surface area contributed by atoms with Crippen molar-refractivity contribution in [3.63, 3.8) is 0 Å². The normalized spacial score (nSPS) is 13.0. The summed E-state index contributed by atoms with van der Waals surface area (Å²) in [6, 6.07) is 13.7. The van der Waals surface area contributed by atoms with Gasteiger partial charge in [-0.2, -0.15) is 5.10 Å². The Kier molecular flexibility index (Phi) is 5.60. The second-order valence-corrected chi connectivity index (χ2v) is 6.65. The Morgan fingerprint density at radius 2 is 2.14 bits per heavy atom. The first-order valence-electron chi connectivity index (χ1n) is 9.71. The molecule has 0 aliphatic heterocycles. The molecule has 3 heterocycles. The highest BCUT2D eigenvalue weighted by atomic mass is 16.3. The number of aromatic nitrogens is 3. The number of fused-ring (bicyclic) bond motifs is 1. The molecule has 8 nitrogen and oxygen atoms in total. The molecule has 0 bridgehead atoms. The molecule has 0 saturated heterocycles. The van der Waals surface area contributed by atoms with Gasteiger partial charge in [-0.25, -0.2) is 4.98 Å². The molecule has 0 radical (unpaired) electrons. The molecule has 8 heteroatoms. The van der Waals surface area contributed by atoms with E-state index in [2.05, 4.69) is 43.8 Å². The van der Waals surface area contributed by atoms with Crippen molar-refractivity contribution in [1.29, 1.82) is 0 Å². The summed E-state index contributed by atoms with van der Waals surface area (Å²) >= 11 is 0. The number of H-pyrrole nitrogens is 1. The van der Waals surface area contributed by atoms with Crippen LogP contribution in [0.5, 0.6) is 0 Å². The number of aliphatic imine (C=N–C) groups is 1. The Labute approximate surface area is 168 Å². The van der Waals surface area contributed by atoms with Gasteiger partial charge >= 0.3 is 0 Å². The van der Waals surface area contributed by atoms with Crippen molar-refractivity contribution in [1.82, 2.24) is 25.8 Å². The van der Waals surface area contributed by atoms with E-state index in [0.29, 0.717) is 24.6 Å². The van der Waals surface area contributed by atoms with Gasteiger partial charge in [-0.15, -0.1) is 0 Å². The fourth-order valence-electron chi connectivity index (χ4n) is 3.01. The van der Waals surface area contributed by atoms with Crippen LogP contribution in [0.15, 0.2) is 62.6 Å². The van der Waals surface area contributed by atoms with Crippen molar-refractivity contribution in [3.8, 4) is 11.6 Å². The Balaban J connectivity index is 1.38. The van der Waals surface area contributed by atoms with Crippen LogP contribution in [-0.2, 0) is 6.42 Å². The molecule has 0 aliphatic carbocycles. The van der Waals surface area contributed by atoms with Gasteiger partial charge in [0.1, 0.15) is 17.2 Å². The number of nitrogens with zero attached hydrogens (tertiary/aromatic N) is 3. The third-order valence-corrected chi connectivity index (χ3v) is 4.46. The fraction of sp³-hybridized carbons (Fsp3) is 0.286. The summed E-state index contributed by atoms with van der Waals surface area (Å²) < 4.78 is 11.3. The van der Waals surface area contributed by atoms with Crippen LogP contribution >= 0.6 is 0 Å². The maximum Gasteiger partial charge on any atom is 0.216 e. The van der Waals surface area contributed by atoms with Gasteiger partial charge < -0.3 is 19.5 Å². The Morgan fingerprint density at radius 1 is 1.24 bits per heavy atom. The second kappa shape index (κ2) is 8.64. The average molecular weight is 392 g/mol. The van der Waals surface area contributed by atoms with E-state index in [-0.39, 0.29) is 6.04 Å². The molecule has 4 aromatic rings. The van der Waals surface area contributed by atoms with E-state index >= 15 is 0 Å². The molecule has 0 spiro atoms. The van der Waals surface area contributed by atoms with Gasteiger partial charge in [-0.05, 0) is 38.1 Å². The zero-order valence-corrected chi connectivity index (χ0v) is 16.5. The molecule has 0 saturated carbocycles. The number of guanidine groups is 1. The standard InChI is InChI=1S/C21H24N6O2/c1-3-22-21(24-14(2)18-13-15-7-4-5-8-16(15)29-18)23-11-10-19-25-20(27-26-19)17-9-6-12-28-17/h4-9,12-14H,3,10-11H2,1-2H3,(H2,22,23,24)(H,25,26,27). The summed E-state index contributed by atoms with van der Waals surface area (Å²) in [5.41, 5.74) is 0.885. The Bertz CT molecular complexity index is 1050. The van der Waals surface area contributed by atoms with E-state index < -0.39 is 0 Å². The smallest absolute Gasteiger partial charge is 0.216 e. The lowest BCUT2D eigenvalue weighted by Crippen LogP contribution is -2.38. The van der Waals surface area contributed by atoms with Crippen LogP contribution in [0.4, 0.5) is 0 Å². The summed E-state index contributed by atoms with van der Waals surface area (Å²) in [7, 11) is 0. The average Bonchev–Trinajstić information content (AvgIpc) is 3.47. The molecule has 3 N–H and O–H groups in total. The number of rotatable bonds is 7.